The molecule has 6 nitrogen and oxygen atoms in total. The van der Waals surface area contributed by atoms with Gasteiger partial charge in [-0.25, -0.2) is 10.4 Å². The highest BCUT2D eigenvalue weighted by molar-refractivity contribution is 9.10. The Hall–Kier alpha value is -2.33. The summed E-state index contributed by atoms with van der Waals surface area (Å²) in [5.41, 5.74) is 3.67. The minimum absolute atomic E-state index is 0.0943. The van der Waals surface area contributed by atoms with Crippen molar-refractivity contribution in [3.05, 3.63) is 39.8 Å². The molecule has 1 aromatic heterocycles. The van der Waals surface area contributed by atoms with Crippen molar-refractivity contribution < 1.29 is 9.15 Å². The fourth-order valence-electron chi connectivity index (χ4n) is 1.70. The Morgan fingerprint density at radius 1 is 1.50 bits per heavy atom. The molecule has 0 spiro atoms. The van der Waals surface area contributed by atoms with Gasteiger partial charge in [0.25, 0.3) is 5.88 Å². The minimum Gasteiger partial charge on any atom is -0.496 e. The molecule has 0 radical (unpaired) electrons. The SMILES string of the molecule is COc1ccc(Br)cc1/C=N/Nc1oc(C(C)C)nc1C#N. The van der Waals surface area contributed by atoms with E-state index in [1.165, 1.54) is 0 Å². The van der Waals surface area contributed by atoms with Crippen LogP contribution in [0.2, 0.25) is 0 Å². The van der Waals surface area contributed by atoms with E-state index in [-0.39, 0.29) is 17.5 Å². The number of benzene rings is 1. The Morgan fingerprint density at radius 2 is 2.27 bits per heavy atom. The Kier molecular flexibility index (Phi) is 5.17. The quantitative estimate of drug-likeness (QED) is 0.644. The number of ether oxygens (including phenoxy) is 1. The van der Waals surface area contributed by atoms with Crippen LogP contribution >= 0.6 is 15.9 Å². The summed E-state index contributed by atoms with van der Waals surface area (Å²) >= 11 is 3.40. The van der Waals surface area contributed by atoms with Crippen LogP contribution < -0.4 is 10.2 Å². The van der Waals surface area contributed by atoms with Gasteiger partial charge in [-0.1, -0.05) is 29.8 Å². The highest BCUT2D eigenvalue weighted by Gasteiger charge is 2.14. The molecule has 22 heavy (non-hydrogen) atoms. The first-order valence-electron chi connectivity index (χ1n) is 6.58. The number of nitrogens with one attached hydrogen (secondary N) is 1. The van der Waals surface area contributed by atoms with Gasteiger partial charge in [0.1, 0.15) is 11.8 Å². The average Bonchev–Trinajstić information content (AvgIpc) is 2.91. The second-order valence-electron chi connectivity index (χ2n) is 4.75. The predicted octanol–water partition coefficient (Wildman–Crippen LogP) is 3.89. The summed E-state index contributed by atoms with van der Waals surface area (Å²) in [7, 11) is 1.59. The van der Waals surface area contributed by atoms with Gasteiger partial charge in [-0.15, -0.1) is 0 Å². The van der Waals surface area contributed by atoms with Gasteiger partial charge in [0, 0.05) is 16.0 Å². The summed E-state index contributed by atoms with van der Waals surface area (Å²) < 4.78 is 11.7. The van der Waals surface area contributed by atoms with Crippen LogP contribution in [0, 0.1) is 11.3 Å². The van der Waals surface area contributed by atoms with Crippen molar-refractivity contribution in [2.45, 2.75) is 19.8 Å². The highest BCUT2D eigenvalue weighted by Crippen LogP contribution is 2.23. The van der Waals surface area contributed by atoms with Gasteiger partial charge in [-0.3, -0.25) is 0 Å². The Balaban J connectivity index is 2.20. The molecule has 0 saturated heterocycles. The van der Waals surface area contributed by atoms with Crippen molar-refractivity contribution in [2.75, 3.05) is 12.5 Å². The molecule has 1 heterocycles. The summed E-state index contributed by atoms with van der Waals surface area (Å²) in [4.78, 5) is 4.11. The number of methoxy groups -OCH3 is 1. The van der Waals surface area contributed by atoms with E-state index < -0.39 is 0 Å². The van der Waals surface area contributed by atoms with Crippen molar-refractivity contribution in [1.29, 1.82) is 5.26 Å². The van der Waals surface area contributed by atoms with Crippen LogP contribution in [0.15, 0.2) is 32.2 Å². The predicted molar refractivity (Wildman–Crippen MR) is 87.2 cm³/mol. The van der Waals surface area contributed by atoms with Crippen LogP contribution in [0.1, 0.15) is 36.9 Å². The van der Waals surface area contributed by atoms with Crippen LogP contribution in [0.4, 0.5) is 5.88 Å². The first-order chi connectivity index (χ1) is 10.5. The molecule has 0 atom stereocenters. The summed E-state index contributed by atoms with van der Waals surface area (Å²) in [6.45, 7) is 3.87. The van der Waals surface area contributed by atoms with E-state index in [0.29, 0.717) is 11.6 Å². The number of hydrazone groups is 1. The first-order valence-corrected chi connectivity index (χ1v) is 7.38. The van der Waals surface area contributed by atoms with Gasteiger partial charge >= 0.3 is 0 Å². The summed E-state index contributed by atoms with van der Waals surface area (Å²) in [5.74, 6) is 1.51. The molecule has 7 heteroatoms. The van der Waals surface area contributed by atoms with Crippen molar-refractivity contribution in [3.63, 3.8) is 0 Å². The largest absolute Gasteiger partial charge is 0.496 e. The molecule has 1 N–H and O–H groups in total. The zero-order valence-corrected chi connectivity index (χ0v) is 14.0. The van der Waals surface area contributed by atoms with Crippen LogP contribution in [-0.4, -0.2) is 18.3 Å². The molecule has 0 unspecified atom stereocenters. The molecule has 0 bridgehead atoms. The minimum atomic E-state index is 0.0943. The topological polar surface area (TPSA) is 83.4 Å². The number of hydrogen-bond acceptors (Lipinski definition) is 6. The van der Waals surface area contributed by atoms with Gasteiger partial charge in [0.05, 0.1) is 13.3 Å². The average molecular weight is 363 g/mol. The molecule has 0 amide bonds. The third kappa shape index (κ3) is 3.65. The maximum Gasteiger partial charge on any atom is 0.252 e. The molecule has 0 aliphatic rings. The smallest absolute Gasteiger partial charge is 0.252 e. The van der Waals surface area contributed by atoms with Crippen molar-refractivity contribution in [1.82, 2.24) is 4.98 Å². The zero-order chi connectivity index (χ0) is 16.1. The van der Waals surface area contributed by atoms with Crippen LogP contribution in [0.3, 0.4) is 0 Å². The van der Waals surface area contributed by atoms with Gasteiger partial charge in [0.15, 0.2) is 0 Å². The molecule has 114 valence electrons. The summed E-state index contributed by atoms with van der Waals surface area (Å²) in [6, 6.07) is 7.56. The lowest BCUT2D eigenvalue weighted by Crippen LogP contribution is -1.94. The number of nitriles is 1. The van der Waals surface area contributed by atoms with E-state index in [2.05, 4.69) is 31.4 Å². The Labute approximate surface area is 136 Å². The standard InChI is InChI=1S/C15H15BrN4O2/c1-9(2)14-19-12(7-17)15(22-14)20-18-8-10-6-11(16)4-5-13(10)21-3/h4-6,8-9,20H,1-3H3/b18-8+. The van der Waals surface area contributed by atoms with E-state index >= 15 is 0 Å². The summed E-state index contributed by atoms with van der Waals surface area (Å²) in [5, 5.41) is 13.1. The van der Waals surface area contributed by atoms with E-state index in [0.717, 1.165) is 10.0 Å². The zero-order valence-electron chi connectivity index (χ0n) is 12.4. The third-order valence-electron chi connectivity index (χ3n) is 2.80. The normalized spacial score (nSPS) is 10.9. The van der Waals surface area contributed by atoms with Gasteiger partial charge in [0.2, 0.25) is 11.6 Å². The molecule has 0 fully saturated rings. The molecule has 2 aromatic rings. The van der Waals surface area contributed by atoms with Crippen molar-refractivity contribution >= 4 is 28.0 Å². The second-order valence-corrected chi connectivity index (χ2v) is 5.67. The lowest BCUT2D eigenvalue weighted by molar-refractivity contribution is 0.414. The monoisotopic (exact) mass is 362 g/mol. The van der Waals surface area contributed by atoms with Gasteiger partial charge < -0.3 is 9.15 Å². The molecule has 2 rings (SSSR count). The number of oxazole rings is 1. The van der Waals surface area contributed by atoms with Crippen molar-refractivity contribution in [2.24, 2.45) is 5.10 Å². The molecule has 0 aliphatic carbocycles. The van der Waals surface area contributed by atoms with E-state index in [1.54, 1.807) is 13.3 Å². The summed E-state index contributed by atoms with van der Waals surface area (Å²) in [6.07, 6.45) is 1.59. The second kappa shape index (κ2) is 7.09. The van der Waals surface area contributed by atoms with Crippen LogP contribution in [0.25, 0.3) is 0 Å². The molecular formula is C15H15BrN4O2. The number of halogens is 1. The molecule has 0 saturated carbocycles. The van der Waals surface area contributed by atoms with Crippen LogP contribution in [0.5, 0.6) is 5.75 Å². The maximum absolute atomic E-state index is 9.06. The number of anilines is 1. The van der Waals surface area contributed by atoms with E-state index in [1.807, 2.05) is 38.1 Å². The molecule has 1 aromatic carbocycles. The fourth-order valence-corrected chi connectivity index (χ4v) is 2.08. The number of nitrogens with zero attached hydrogens (tertiary/aromatic N) is 3. The Bertz CT molecular complexity index is 732. The highest BCUT2D eigenvalue weighted by atomic mass is 79.9. The Morgan fingerprint density at radius 3 is 2.91 bits per heavy atom. The van der Waals surface area contributed by atoms with E-state index in [4.69, 9.17) is 14.4 Å². The van der Waals surface area contributed by atoms with Crippen LogP contribution in [-0.2, 0) is 0 Å². The molecule has 0 aliphatic heterocycles. The molecular weight excluding hydrogens is 348 g/mol. The van der Waals surface area contributed by atoms with Gasteiger partial charge in [-0.2, -0.15) is 10.4 Å². The van der Waals surface area contributed by atoms with Gasteiger partial charge in [-0.05, 0) is 18.2 Å². The maximum atomic E-state index is 9.06. The van der Waals surface area contributed by atoms with Crippen molar-refractivity contribution in [3.8, 4) is 11.8 Å². The lowest BCUT2D eigenvalue weighted by atomic mass is 10.2. The number of rotatable bonds is 5. The number of aromatic nitrogens is 1. The third-order valence-corrected chi connectivity index (χ3v) is 3.30. The van der Waals surface area contributed by atoms with E-state index in [9.17, 15) is 0 Å². The number of hydrogen-bond donors (Lipinski definition) is 1. The lowest BCUT2D eigenvalue weighted by Gasteiger charge is -2.04. The first kappa shape index (κ1) is 16.0. The fraction of sp³-hybridized carbons (Fsp3) is 0.267.